The Morgan fingerprint density at radius 3 is 2.43 bits per heavy atom. The molecule has 0 spiro atoms. The molecule has 0 aliphatic carbocycles. The molecule has 0 aliphatic rings. The van der Waals surface area contributed by atoms with Gasteiger partial charge < -0.3 is 15.4 Å². The Kier molecular flexibility index (Phi) is 6.00. The fraction of sp³-hybridized carbons (Fsp3) is 0.467. The maximum atomic E-state index is 11.9. The van der Waals surface area contributed by atoms with Gasteiger partial charge in [-0.3, -0.25) is 4.79 Å². The molecule has 0 radical (unpaired) electrons. The van der Waals surface area contributed by atoms with Gasteiger partial charge in [0.1, 0.15) is 6.54 Å². The first-order valence-electron chi connectivity index (χ1n) is 6.85. The molecule has 0 saturated carbocycles. The third-order valence-corrected chi connectivity index (χ3v) is 2.95. The van der Waals surface area contributed by atoms with Crippen LogP contribution in [0.1, 0.15) is 25.0 Å². The van der Waals surface area contributed by atoms with Crippen LogP contribution in [0.3, 0.4) is 0 Å². The summed E-state index contributed by atoms with van der Waals surface area (Å²) in [5.41, 5.74) is 1.20. The highest BCUT2D eigenvalue weighted by Crippen LogP contribution is 2.20. The predicted molar refractivity (Wildman–Crippen MR) is 77.8 cm³/mol. The van der Waals surface area contributed by atoms with E-state index in [0.717, 1.165) is 11.1 Å². The van der Waals surface area contributed by atoms with Crippen molar-refractivity contribution in [1.29, 1.82) is 0 Å². The van der Waals surface area contributed by atoms with Gasteiger partial charge in [-0.05, 0) is 26.3 Å². The van der Waals surface area contributed by atoms with Crippen LogP contribution in [-0.2, 0) is 15.1 Å². The summed E-state index contributed by atoms with van der Waals surface area (Å²) < 4.78 is 39.6. The van der Waals surface area contributed by atoms with Crippen LogP contribution in [-0.4, -0.2) is 31.3 Å². The summed E-state index contributed by atoms with van der Waals surface area (Å²) in [5, 5.41) is 4.66. The standard InChI is InChI=1S/C15H19F3N2O3/c1-10-5-4-6-11(7-10)14(2,3)20-12(21)8-19-13(22)23-9-15(16,17)18/h4-7H,8-9H2,1-3H3,(H,19,22)(H,20,21). The van der Waals surface area contributed by atoms with Crippen molar-refractivity contribution in [1.82, 2.24) is 10.6 Å². The first kappa shape index (κ1) is 18.8. The first-order valence-corrected chi connectivity index (χ1v) is 6.85. The number of alkyl carbamates (subject to hydrolysis) is 1. The monoisotopic (exact) mass is 332 g/mol. The molecule has 1 rings (SSSR count). The lowest BCUT2D eigenvalue weighted by molar-refractivity contribution is -0.160. The largest absolute Gasteiger partial charge is 0.440 e. The quantitative estimate of drug-likeness (QED) is 0.871. The average Bonchev–Trinajstić information content (AvgIpc) is 2.41. The Hall–Kier alpha value is -2.25. The molecule has 5 nitrogen and oxygen atoms in total. The molecular formula is C15H19F3N2O3. The van der Waals surface area contributed by atoms with Gasteiger partial charge in [-0.15, -0.1) is 0 Å². The minimum Gasteiger partial charge on any atom is -0.440 e. The number of halogens is 3. The van der Waals surface area contributed by atoms with E-state index in [4.69, 9.17) is 0 Å². The van der Waals surface area contributed by atoms with E-state index in [9.17, 15) is 22.8 Å². The van der Waals surface area contributed by atoms with Crippen LogP contribution < -0.4 is 10.6 Å². The summed E-state index contributed by atoms with van der Waals surface area (Å²) in [6.07, 6.45) is -5.90. The van der Waals surface area contributed by atoms with Crippen LogP contribution in [0.25, 0.3) is 0 Å². The van der Waals surface area contributed by atoms with Crippen LogP contribution in [0.5, 0.6) is 0 Å². The summed E-state index contributed by atoms with van der Waals surface area (Å²) in [6, 6.07) is 7.52. The number of carbonyl (C=O) groups is 2. The lowest BCUT2D eigenvalue weighted by atomic mass is 9.93. The van der Waals surface area contributed by atoms with Gasteiger partial charge in [-0.2, -0.15) is 13.2 Å². The molecule has 0 bridgehead atoms. The highest BCUT2D eigenvalue weighted by atomic mass is 19.4. The van der Waals surface area contributed by atoms with Gasteiger partial charge in [-0.1, -0.05) is 29.8 Å². The Bertz CT molecular complexity index is 571. The zero-order valence-corrected chi connectivity index (χ0v) is 13.1. The van der Waals surface area contributed by atoms with Gasteiger partial charge >= 0.3 is 12.3 Å². The molecule has 1 aromatic carbocycles. The van der Waals surface area contributed by atoms with Gasteiger partial charge in [0.05, 0.1) is 5.54 Å². The van der Waals surface area contributed by atoms with Crippen molar-refractivity contribution in [3.8, 4) is 0 Å². The third kappa shape index (κ3) is 7.03. The normalized spacial score (nSPS) is 11.7. The summed E-state index contributed by atoms with van der Waals surface area (Å²) in [4.78, 5) is 22.9. The van der Waals surface area contributed by atoms with Crippen molar-refractivity contribution >= 4 is 12.0 Å². The van der Waals surface area contributed by atoms with Gasteiger partial charge in [-0.25, -0.2) is 4.79 Å². The number of amides is 2. The maximum absolute atomic E-state index is 11.9. The molecule has 2 N–H and O–H groups in total. The van der Waals surface area contributed by atoms with Crippen molar-refractivity contribution < 1.29 is 27.5 Å². The Morgan fingerprint density at radius 1 is 1.22 bits per heavy atom. The van der Waals surface area contributed by atoms with Crippen LogP contribution >= 0.6 is 0 Å². The van der Waals surface area contributed by atoms with Crippen LogP contribution in [0.4, 0.5) is 18.0 Å². The molecule has 0 unspecified atom stereocenters. The van der Waals surface area contributed by atoms with Crippen molar-refractivity contribution in [3.05, 3.63) is 35.4 Å². The third-order valence-electron chi connectivity index (χ3n) is 2.95. The van der Waals surface area contributed by atoms with Gasteiger partial charge in [0.2, 0.25) is 5.91 Å². The number of aryl methyl sites for hydroxylation is 1. The number of alkyl halides is 3. The highest BCUT2D eigenvalue weighted by Gasteiger charge is 2.29. The van der Waals surface area contributed by atoms with Crippen LogP contribution in [0.15, 0.2) is 24.3 Å². The topological polar surface area (TPSA) is 67.4 Å². The second-order valence-electron chi connectivity index (χ2n) is 5.59. The van der Waals surface area contributed by atoms with E-state index in [1.54, 1.807) is 13.8 Å². The minimum absolute atomic E-state index is 0.480. The predicted octanol–water partition coefficient (Wildman–Crippen LogP) is 2.63. The molecule has 128 valence electrons. The van der Waals surface area contributed by atoms with Crippen molar-refractivity contribution in [2.24, 2.45) is 0 Å². The van der Waals surface area contributed by atoms with Crippen molar-refractivity contribution in [3.63, 3.8) is 0 Å². The Morgan fingerprint density at radius 2 is 1.87 bits per heavy atom. The molecule has 0 fully saturated rings. The molecule has 0 aromatic heterocycles. The lowest BCUT2D eigenvalue weighted by Gasteiger charge is -2.27. The molecule has 0 saturated heterocycles. The van der Waals surface area contributed by atoms with E-state index in [1.807, 2.05) is 36.5 Å². The number of ether oxygens (including phenoxy) is 1. The summed E-state index contributed by atoms with van der Waals surface area (Å²) in [6.45, 7) is 3.30. The average molecular weight is 332 g/mol. The molecule has 1 aromatic rings. The molecule has 2 amide bonds. The number of benzene rings is 1. The number of hydrogen-bond acceptors (Lipinski definition) is 3. The fourth-order valence-electron chi connectivity index (χ4n) is 1.85. The van der Waals surface area contributed by atoms with Crippen molar-refractivity contribution in [2.75, 3.05) is 13.2 Å². The number of hydrogen-bond donors (Lipinski definition) is 2. The van der Waals surface area contributed by atoms with E-state index in [-0.39, 0.29) is 0 Å². The van der Waals surface area contributed by atoms with E-state index in [2.05, 4.69) is 10.1 Å². The summed E-state index contributed by atoms with van der Waals surface area (Å²) in [5.74, 6) is -0.541. The van der Waals surface area contributed by atoms with Crippen molar-refractivity contribution in [2.45, 2.75) is 32.5 Å². The molecule has 0 atom stereocenters. The molecule has 8 heteroatoms. The van der Waals surface area contributed by atoms with Gasteiger partial charge in [0, 0.05) is 0 Å². The zero-order valence-electron chi connectivity index (χ0n) is 13.1. The van der Waals surface area contributed by atoms with E-state index >= 15 is 0 Å². The zero-order chi connectivity index (χ0) is 17.7. The smallest absolute Gasteiger partial charge is 0.422 e. The van der Waals surface area contributed by atoms with Gasteiger partial charge in [0.15, 0.2) is 6.61 Å². The molecule has 0 aliphatic heterocycles. The minimum atomic E-state index is -4.60. The summed E-state index contributed by atoms with van der Waals surface area (Å²) >= 11 is 0. The SMILES string of the molecule is Cc1cccc(C(C)(C)NC(=O)CNC(=O)OCC(F)(F)F)c1. The number of carbonyl (C=O) groups excluding carboxylic acids is 2. The van der Waals surface area contributed by atoms with Gasteiger partial charge in [0.25, 0.3) is 0 Å². The van der Waals surface area contributed by atoms with Crippen LogP contribution in [0.2, 0.25) is 0 Å². The molecule has 0 heterocycles. The highest BCUT2D eigenvalue weighted by molar-refractivity contribution is 5.82. The second-order valence-corrected chi connectivity index (χ2v) is 5.59. The van der Waals surface area contributed by atoms with E-state index in [0.29, 0.717) is 0 Å². The first-order chi connectivity index (χ1) is 10.5. The Labute approximate surface area is 132 Å². The second kappa shape index (κ2) is 7.34. The van der Waals surface area contributed by atoms with Crippen LogP contribution in [0, 0.1) is 6.92 Å². The Balaban J connectivity index is 2.48. The number of nitrogens with one attached hydrogen (secondary N) is 2. The fourth-order valence-corrected chi connectivity index (χ4v) is 1.85. The number of rotatable bonds is 5. The molecule has 23 heavy (non-hydrogen) atoms. The lowest BCUT2D eigenvalue weighted by Crippen LogP contribution is -2.46. The maximum Gasteiger partial charge on any atom is 0.422 e. The van der Waals surface area contributed by atoms with E-state index in [1.165, 1.54) is 0 Å². The van der Waals surface area contributed by atoms with E-state index < -0.39 is 36.9 Å². The molecular weight excluding hydrogens is 313 g/mol. The summed E-state index contributed by atoms with van der Waals surface area (Å²) in [7, 11) is 0.